The SMILES string of the molecule is O=C(c1nn(C2CCCN(CCC3CCOCC3)C2)c2c1CSc1c(F)cccc1-2)N1CCOCC1. The van der Waals surface area contributed by atoms with Gasteiger partial charge in [-0.3, -0.25) is 9.48 Å². The van der Waals surface area contributed by atoms with Gasteiger partial charge in [0.1, 0.15) is 5.82 Å². The highest BCUT2D eigenvalue weighted by Gasteiger charge is 2.35. The van der Waals surface area contributed by atoms with Gasteiger partial charge in [0, 0.05) is 49.7 Å². The highest BCUT2D eigenvalue weighted by atomic mass is 32.2. The van der Waals surface area contributed by atoms with Crippen LogP contribution in [0.25, 0.3) is 11.3 Å². The van der Waals surface area contributed by atoms with Crippen LogP contribution in [-0.2, 0) is 15.2 Å². The van der Waals surface area contributed by atoms with Crippen molar-refractivity contribution in [2.24, 2.45) is 5.92 Å². The van der Waals surface area contributed by atoms with Crippen LogP contribution in [0.4, 0.5) is 4.39 Å². The maximum absolute atomic E-state index is 14.8. The van der Waals surface area contributed by atoms with Gasteiger partial charge < -0.3 is 19.3 Å². The molecule has 7 nitrogen and oxygen atoms in total. The summed E-state index contributed by atoms with van der Waals surface area (Å²) in [5.74, 6) is 1.09. The second kappa shape index (κ2) is 10.8. The number of morpholine rings is 1. The number of thioether (sulfide) groups is 1. The molecule has 1 aromatic carbocycles. The van der Waals surface area contributed by atoms with Crippen molar-refractivity contribution in [2.75, 3.05) is 59.2 Å². The summed E-state index contributed by atoms with van der Waals surface area (Å²) < 4.78 is 27.9. The quantitative estimate of drug-likeness (QED) is 0.596. The zero-order valence-electron chi connectivity index (χ0n) is 20.8. The second-order valence-electron chi connectivity index (χ2n) is 10.4. The minimum absolute atomic E-state index is 0.0269. The van der Waals surface area contributed by atoms with Crippen LogP contribution in [0.5, 0.6) is 0 Å². The van der Waals surface area contributed by atoms with Crippen molar-refractivity contribution < 1.29 is 18.7 Å². The number of carbonyl (C=O) groups is 1. The first kappa shape index (κ1) is 24.4. The molecular weight excluding hydrogens is 479 g/mol. The Bertz CT molecular complexity index is 1100. The number of carbonyl (C=O) groups excluding carboxylic acids is 1. The third kappa shape index (κ3) is 4.83. The second-order valence-corrected chi connectivity index (χ2v) is 11.4. The Morgan fingerprint density at radius 2 is 1.89 bits per heavy atom. The third-order valence-electron chi connectivity index (χ3n) is 8.11. The Hall–Kier alpha value is -1.94. The van der Waals surface area contributed by atoms with E-state index in [-0.39, 0.29) is 17.8 Å². The number of aromatic nitrogens is 2. The lowest BCUT2D eigenvalue weighted by molar-refractivity contribution is 0.0297. The monoisotopic (exact) mass is 514 g/mol. The fourth-order valence-corrected chi connectivity index (χ4v) is 7.15. The van der Waals surface area contributed by atoms with Crippen LogP contribution < -0.4 is 0 Å². The van der Waals surface area contributed by atoms with Crippen molar-refractivity contribution in [3.63, 3.8) is 0 Å². The van der Waals surface area contributed by atoms with Gasteiger partial charge in [0.25, 0.3) is 5.91 Å². The molecule has 3 saturated heterocycles. The lowest BCUT2D eigenvalue weighted by Crippen LogP contribution is -2.41. The van der Waals surface area contributed by atoms with Crippen LogP contribution in [0.3, 0.4) is 0 Å². The molecule has 0 saturated carbocycles. The van der Waals surface area contributed by atoms with Gasteiger partial charge in [-0.25, -0.2) is 4.39 Å². The summed E-state index contributed by atoms with van der Waals surface area (Å²) in [6, 6.07) is 5.45. The number of likely N-dealkylation sites (tertiary alicyclic amines) is 1. The average Bonchev–Trinajstić information content (AvgIpc) is 3.33. The van der Waals surface area contributed by atoms with Crippen molar-refractivity contribution in [2.45, 2.75) is 48.8 Å². The molecule has 194 valence electrons. The summed E-state index contributed by atoms with van der Waals surface area (Å²) in [4.78, 5) is 18.7. The summed E-state index contributed by atoms with van der Waals surface area (Å²) in [7, 11) is 0. The van der Waals surface area contributed by atoms with E-state index in [1.54, 1.807) is 6.07 Å². The number of hydrogen-bond donors (Lipinski definition) is 0. The van der Waals surface area contributed by atoms with Crippen molar-refractivity contribution in [3.8, 4) is 11.3 Å². The maximum atomic E-state index is 14.8. The van der Waals surface area contributed by atoms with Crippen LogP contribution in [0.2, 0.25) is 0 Å². The molecule has 0 aliphatic carbocycles. The normalized spacial score (nSPS) is 23.4. The first-order valence-electron chi connectivity index (χ1n) is 13.4. The Labute approximate surface area is 216 Å². The van der Waals surface area contributed by atoms with Gasteiger partial charge >= 0.3 is 0 Å². The van der Waals surface area contributed by atoms with Crippen molar-refractivity contribution >= 4 is 17.7 Å². The van der Waals surface area contributed by atoms with Gasteiger partial charge in [-0.2, -0.15) is 5.10 Å². The minimum Gasteiger partial charge on any atom is -0.381 e. The molecule has 0 spiro atoms. The lowest BCUT2D eigenvalue weighted by Gasteiger charge is -2.35. The highest BCUT2D eigenvalue weighted by Crippen LogP contribution is 2.45. The van der Waals surface area contributed by atoms with E-state index in [0.29, 0.717) is 42.6 Å². The van der Waals surface area contributed by atoms with Gasteiger partial charge in [0.2, 0.25) is 0 Å². The van der Waals surface area contributed by atoms with Crippen molar-refractivity contribution in [3.05, 3.63) is 35.3 Å². The van der Waals surface area contributed by atoms with Gasteiger partial charge in [0.05, 0.1) is 29.8 Å². The van der Waals surface area contributed by atoms with E-state index >= 15 is 0 Å². The van der Waals surface area contributed by atoms with Gasteiger partial charge in [-0.15, -0.1) is 11.8 Å². The smallest absolute Gasteiger partial charge is 0.274 e. The zero-order valence-corrected chi connectivity index (χ0v) is 21.6. The fraction of sp³-hybridized carbons (Fsp3) is 0.630. The Kier molecular flexibility index (Phi) is 7.33. The van der Waals surface area contributed by atoms with Crippen LogP contribution in [-0.4, -0.2) is 84.6 Å². The zero-order chi connectivity index (χ0) is 24.5. The number of benzene rings is 1. The first-order chi connectivity index (χ1) is 17.7. The number of fused-ring (bicyclic) bond motifs is 3. The van der Waals surface area contributed by atoms with Crippen LogP contribution in [0, 0.1) is 11.7 Å². The summed E-state index contributed by atoms with van der Waals surface area (Å²) in [5.41, 5.74) is 3.30. The van der Waals surface area contributed by atoms with E-state index in [4.69, 9.17) is 14.6 Å². The molecule has 2 aromatic rings. The molecular formula is C27H35FN4O3S. The van der Waals surface area contributed by atoms with E-state index in [0.717, 1.165) is 81.3 Å². The summed E-state index contributed by atoms with van der Waals surface area (Å²) in [5, 5.41) is 5.01. The largest absolute Gasteiger partial charge is 0.381 e. The van der Waals surface area contributed by atoms with Crippen molar-refractivity contribution in [1.82, 2.24) is 19.6 Å². The van der Waals surface area contributed by atoms with Gasteiger partial charge in [-0.05, 0) is 57.2 Å². The van der Waals surface area contributed by atoms with Gasteiger partial charge in [0.15, 0.2) is 5.69 Å². The summed E-state index contributed by atoms with van der Waals surface area (Å²) in [6.07, 6.45) is 5.65. The number of hydrogen-bond acceptors (Lipinski definition) is 6. The predicted molar refractivity (Wildman–Crippen MR) is 137 cm³/mol. The molecule has 0 bridgehead atoms. The number of halogens is 1. The molecule has 3 fully saturated rings. The molecule has 4 aliphatic heterocycles. The van der Waals surface area contributed by atoms with Gasteiger partial charge in [-0.1, -0.05) is 12.1 Å². The Morgan fingerprint density at radius 3 is 2.72 bits per heavy atom. The lowest BCUT2D eigenvalue weighted by atomic mass is 9.95. The fourth-order valence-electron chi connectivity index (χ4n) is 6.06. The van der Waals surface area contributed by atoms with Crippen molar-refractivity contribution in [1.29, 1.82) is 0 Å². The van der Waals surface area contributed by atoms with E-state index in [9.17, 15) is 9.18 Å². The molecule has 6 rings (SSSR count). The molecule has 5 heterocycles. The van der Waals surface area contributed by atoms with E-state index in [1.807, 2.05) is 11.0 Å². The molecule has 9 heteroatoms. The predicted octanol–water partition coefficient (Wildman–Crippen LogP) is 4.22. The number of nitrogens with zero attached hydrogens (tertiary/aromatic N) is 4. The maximum Gasteiger partial charge on any atom is 0.274 e. The molecule has 1 atom stereocenters. The van der Waals surface area contributed by atoms with E-state index in [2.05, 4.69) is 9.58 Å². The Morgan fingerprint density at radius 1 is 1.08 bits per heavy atom. The minimum atomic E-state index is -0.196. The van der Waals surface area contributed by atoms with E-state index in [1.165, 1.54) is 24.2 Å². The molecule has 1 unspecified atom stereocenters. The van der Waals surface area contributed by atoms with Crippen LogP contribution >= 0.6 is 11.8 Å². The number of piperidine rings is 1. The third-order valence-corrected chi connectivity index (χ3v) is 9.25. The number of rotatable bonds is 5. The topological polar surface area (TPSA) is 59.8 Å². The molecule has 1 aromatic heterocycles. The van der Waals surface area contributed by atoms with Crippen LogP contribution in [0.1, 0.15) is 54.2 Å². The number of amides is 1. The average molecular weight is 515 g/mol. The summed E-state index contributed by atoms with van der Waals surface area (Å²) in [6.45, 7) is 7.17. The summed E-state index contributed by atoms with van der Waals surface area (Å²) >= 11 is 1.48. The highest BCUT2D eigenvalue weighted by molar-refractivity contribution is 7.98. The number of ether oxygens (including phenoxy) is 2. The van der Waals surface area contributed by atoms with Crippen LogP contribution in [0.15, 0.2) is 23.1 Å². The molecule has 0 N–H and O–H groups in total. The molecule has 1 amide bonds. The standard InChI is InChI=1S/C27H35FN4O3S/c28-23-5-1-4-21-25-22(18-36-26(21)23)24(27(33)31-11-15-35-16-12-31)29-32(25)20-3-2-9-30(17-20)10-6-19-7-13-34-14-8-19/h1,4-5,19-20H,2-3,6-18H2. The molecule has 4 aliphatic rings. The first-order valence-corrected chi connectivity index (χ1v) is 14.4. The van der Waals surface area contributed by atoms with E-state index < -0.39 is 0 Å². The molecule has 0 radical (unpaired) electrons. The Balaban J connectivity index is 1.30. The molecule has 36 heavy (non-hydrogen) atoms.